The van der Waals surface area contributed by atoms with Crippen LogP contribution < -0.4 is 5.73 Å². The van der Waals surface area contributed by atoms with E-state index in [-0.39, 0.29) is 11.5 Å². The monoisotopic (exact) mass is 393 g/mol. The molecule has 0 aliphatic heterocycles. The maximum Gasteiger partial charge on any atom is 0.102 e. The van der Waals surface area contributed by atoms with Crippen LogP contribution in [-0.4, -0.2) is 15.8 Å². The van der Waals surface area contributed by atoms with Crippen LogP contribution in [0.4, 0.5) is 0 Å². The molecule has 3 rings (SSSR count). The molecule has 0 amide bonds. The number of aryl methyl sites for hydroxylation is 1. The lowest BCUT2D eigenvalue weighted by atomic mass is 9.87. The number of benzene rings is 2. The third-order valence-electron chi connectivity index (χ3n) is 5.06. The molecule has 1 unspecified atom stereocenters. The van der Waals surface area contributed by atoms with Crippen LogP contribution in [0.3, 0.4) is 0 Å². The predicted octanol–water partition coefficient (Wildman–Crippen LogP) is 5.82. The first kappa shape index (κ1) is 20.7. The van der Waals surface area contributed by atoms with Crippen LogP contribution in [0.1, 0.15) is 45.2 Å². The molecule has 0 aliphatic carbocycles. The summed E-state index contributed by atoms with van der Waals surface area (Å²) in [5.41, 5.74) is 11.3. The fraction of sp³-hybridized carbons (Fsp3) is 0.375. The number of hydrogen-bond donors (Lipinski definition) is 1. The van der Waals surface area contributed by atoms with E-state index in [1.807, 2.05) is 17.8 Å². The van der Waals surface area contributed by atoms with E-state index in [2.05, 4.69) is 76.2 Å². The highest BCUT2D eigenvalue weighted by molar-refractivity contribution is 7.99. The van der Waals surface area contributed by atoms with Gasteiger partial charge >= 0.3 is 0 Å². The third kappa shape index (κ3) is 4.68. The summed E-state index contributed by atoms with van der Waals surface area (Å²) in [4.78, 5) is 1.22. The molecular formula is C24H31N3S. The molecule has 4 heteroatoms. The molecule has 0 spiro atoms. The Morgan fingerprint density at radius 3 is 2.25 bits per heavy atom. The summed E-state index contributed by atoms with van der Waals surface area (Å²) in [5, 5.41) is 6.03. The smallest absolute Gasteiger partial charge is 0.102 e. The summed E-state index contributed by atoms with van der Waals surface area (Å²) in [6, 6.07) is 19.4. The van der Waals surface area contributed by atoms with E-state index in [0.717, 1.165) is 24.1 Å². The van der Waals surface area contributed by atoms with E-state index >= 15 is 0 Å². The highest BCUT2D eigenvalue weighted by Crippen LogP contribution is 2.37. The molecule has 0 saturated heterocycles. The van der Waals surface area contributed by atoms with Crippen LogP contribution in [-0.2, 0) is 18.9 Å². The zero-order valence-electron chi connectivity index (χ0n) is 17.6. The molecular weight excluding hydrogens is 362 g/mol. The van der Waals surface area contributed by atoms with Crippen molar-refractivity contribution in [1.82, 2.24) is 9.78 Å². The molecule has 28 heavy (non-hydrogen) atoms. The highest BCUT2D eigenvalue weighted by Gasteiger charge is 2.21. The van der Waals surface area contributed by atoms with Gasteiger partial charge in [-0.1, -0.05) is 81.9 Å². The maximum atomic E-state index is 6.34. The van der Waals surface area contributed by atoms with Gasteiger partial charge in [0.1, 0.15) is 5.03 Å². The van der Waals surface area contributed by atoms with Crippen LogP contribution in [0.5, 0.6) is 0 Å². The Bertz CT molecular complexity index is 906. The maximum absolute atomic E-state index is 6.34. The number of nitrogens with two attached hydrogens (primary N) is 1. The predicted molar refractivity (Wildman–Crippen MR) is 120 cm³/mol. The average Bonchev–Trinajstić information content (AvgIpc) is 2.98. The molecule has 3 aromatic rings. The van der Waals surface area contributed by atoms with Gasteiger partial charge in [0.05, 0.1) is 5.69 Å². The van der Waals surface area contributed by atoms with Crippen molar-refractivity contribution in [2.45, 2.75) is 61.9 Å². The summed E-state index contributed by atoms with van der Waals surface area (Å²) >= 11 is 1.77. The molecule has 148 valence electrons. The van der Waals surface area contributed by atoms with E-state index in [0.29, 0.717) is 0 Å². The molecule has 0 saturated carbocycles. The molecule has 2 N–H and O–H groups in total. The Kier molecular flexibility index (Phi) is 6.31. The van der Waals surface area contributed by atoms with Gasteiger partial charge in [0.15, 0.2) is 0 Å². The van der Waals surface area contributed by atoms with Crippen molar-refractivity contribution >= 4 is 11.8 Å². The summed E-state index contributed by atoms with van der Waals surface area (Å²) in [6.45, 7) is 8.87. The van der Waals surface area contributed by atoms with Crippen LogP contribution in [0, 0.1) is 0 Å². The Labute approximate surface area is 173 Å². The number of aromatic nitrogens is 2. The van der Waals surface area contributed by atoms with Crippen molar-refractivity contribution < 1.29 is 0 Å². The Morgan fingerprint density at radius 1 is 1.04 bits per heavy atom. The van der Waals surface area contributed by atoms with Crippen LogP contribution in [0.25, 0.3) is 11.3 Å². The minimum Gasteiger partial charge on any atom is -0.327 e. The molecule has 1 aromatic heterocycles. The van der Waals surface area contributed by atoms with Gasteiger partial charge in [0, 0.05) is 29.1 Å². The fourth-order valence-electron chi connectivity index (χ4n) is 3.23. The van der Waals surface area contributed by atoms with Gasteiger partial charge in [0.25, 0.3) is 0 Å². The van der Waals surface area contributed by atoms with Crippen molar-refractivity contribution in [3.8, 4) is 11.3 Å². The molecule has 1 heterocycles. The van der Waals surface area contributed by atoms with Crippen LogP contribution in [0.15, 0.2) is 64.5 Å². The van der Waals surface area contributed by atoms with E-state index in [4.69, 9.17) is 10.8 Å². The second-order valence-electron chi connectivity index (χ2n) is 8.37. The van der Waals surface area contributed by atoms with Crippen molar-refractivity contribution in [3.05, 3.63) is 65.7 Å². The molecule has 0 aliphatic rings. The summed E-state index contributed by atoms with van der Waals surface area (Å²) < 4.78 is 2.00. The molecule has 2 aromatic carbocycles. The van der Waals surface area contributed by atoms with Gasteiger partial charge in [-0.3, -0.25) is 4.68 Å². The SMILES string of the molecule is CCC(N)Cc1c(-c2ccccc2)nn(C)c1Sc1ccc(C(C)(C)C)cc1. The first-order valence-corrected chi connectivity index (χ1v) is 10.8. The lowest BCUT2D eigenvalue weighted by Crippen LogP contribution is -2.21. The second kappa shape index (κ2) is 8.54. The summed E-state index contributed by atoms with van der Waals surface area (Å²) in [7, 11) is 2.03. The zero-order chi connectivity index (χ0) is 20.3. The molecule has 3 nitrogen and oxygen atoms in total. The third-order valence-corrected chi connectivity index (χ3v) is 6.27. The first-order chi connectivity index (χ1) is 13.3. The van der Waals surface area contributed by atoms with Gasteiger partial charge in [0.2, 0.25) is 0 Å². The van der Waals surface area contributed by atoms with E-state index < -0.39 is 0 Å². The zero-order valence-corrected chi connectivity index (χ0v) is 18.4. The van der Waals surface area contributed by atoms with Crippen molar-refractivity contribution in [3.63, 3.8) is 0 Å². The van der Waals surface area contributed by atoms with Crippen molar-refractivity contribution in [1.29, 1.82) is 0 Å². The second-order valence-corrected chi connectivity index (χ2v) is 9.43. The fourth-order valence-corrected chi connectivity index (χ4v) is 4.20. The largest absolute Gasteiger partial charge is 0.327 e. The van der Waals surface area contributed by atoms with Gasteiger partial charge in [-0.05, 0) is 36.0 Å². The van der Waals surface area contributed by atoms with Crippen LogP contribution >= 0.6 is 11.8 Å². The molecule has 1 atom stereocenters. The van der Waals surface area contributed by atoms with Gasteiger partial charge < -0.3 is 5.73 Å². The van der Waals surface area contributed by atoms with E-state index in [1.54, 1.807) is 11.8 Å². The summed E-state index contributed by atoms with van der Waals surface area (Å²) in [5.74, 6) is 0. The Morgan fingerprint density at radius 2 is 1.68 bits per heavy atom. The molecule has 0 radical (unpaired) electrons. The topological polar surface area (TPSA) is 43.8 Å². The number of rotatable bonds is 6. The Balaban J connectivity index is 1.99. The van der Waals surface area contributed by atoms with E-state index in [1.165, 1.54) is 21.0 Å². The number of nitrogens with zero attached hydrogens (tertiary/aromatic N) is 2. The molecule has 0 bridgehead atoms. The van der Waals surface area contributed by atoms with Crippen molar-refractivity contribution in [2.75, 3.05) is 0 Å². The van der Waals surface area contributed by atoms with Gasteiger partial charge in [-0.2, -0.15) is 5.10 Å². The van der Waals surface area contributed by atoms with Gasteiger partial charge in [-0.25, -0.2) is 0 Å². The normalized spacial score (nSPS) is 12.9. The Hall–Kier alpha value is -2.04. The number of hydrogen-bond acceptors (Lipinski definition) is 3. The summed E-state index contributed by atoms with van der Waals surface area (Å²) in [6.07, 6.45) is 1.78. The quantitative estimate of drug-likeness (QED) is 0.574. The minimum absolute atomic E-state index is 0.134. The lowest BCUT2D eigenvalue weighted by Gasteiger charge is -2.19. The highest BCUT2D eigenvalue weighted by atomic mass is 32.2. The molecule has 0 fully saturated rings. The van der Waals surface area contributed by atoms with Gasteiger partial charge in [-0.15, -0.1) is 0 Å². The van der Waals surface area contributed by atoms with E-state index in [9.17, 15) is 0 Å². The lowest BCUT2D eigenvalue weighted by molar-refractivity contribution is 0.589. The minimum atomic E-state index is 0.134. The first-order valence-electron chi connectivity index (χ1n) is 9.95. The standard InChI is InChI=1S/C24H31N3S/c1-6-19(25)16-21-22(17-10-8-7-9-11-17)26-27(5)23(21)28-20-14-12-18(13-15-20)24(2,3)4/h7-15,19H,6,16,25H2,1-5H3. The average molecular weight is 394 g/mol. The van der Waals surface area contributed by atoms with Crippen LogP contribution in [0.2, 0.25) is 0 Å². The van der Waals surface area contributed by atoms with Crippen molar-refractivity contribution in [2.24, 2.45) is 12.8 Å².